The number of nitriles is 1. The lowest BCUT2D eigenvalue weighted by Crippen LogP contribution is -2.65. The van der Waals surface area contributed by atoms with Crippen LogP contribution in [0.1, 0.15) is 48.1 Å². The number of ether oxygens (including phenoxy) is 1. The number of urea groups is 1. The molecule has 0 aliphatic carbocycles. The summed E-state index contributed by atoms with van der Waals surface area (Å²) in [6, 6.07) is 9.93. The molecule has 0 radical (unpaired) electrons. The van der Waals surface area contributed by atoms with Gasteiger partial charge in [0.2, 0.25) is 0 Å². The lowest BCUT2D eigenvalue weighted by atomic mass is 9.81. The average molecular weight is 588 g/mol. The summed E-state index contributed by atoms with van der Waals surface area (Å²) in [6.45, 7) is 3.62. The molecule has 2 amide bonds. The monoisotopic (exact) mass is 587 g/mol. The number of benzene rings is 2. The Kier molecular flexibility index (Phi) is 7.82. The molecule has 3 aliphatic rings. The second kappa shape index (κ2) is 11.1. The zero-order chi connectivity index (χ0) is 30.4. The van der Waals surface area contributed by atoms with Crippen LogP contribution in [0.2, 0.25) is 0 Å². The lowest BCUT2D eigenvalue weighted by molar-refractivity contribution is -0.928. The maximum absolute atomic E-state index is 13.6. The van der Waals surface area contributed by atoms with E-state index in [1.54, 1.807) is 30.0 Å². The van der Waals surface area contributed by atoms with E-state index in [4.69, 9.17) is 4.74 Å². The second-order valence-corrected chi connectivity index (χ2v) is 11.5. The number of alkyl halides is 3. The van der Waals surface area contributed by atoms with Crippen LogP contribution in [0.15, 0.2) is 42.5 Å². The molecule has 10 nitrogen and oxygen atoms in total. The number of esters is 1. The van der Waals surface area contributed by atoms with Gasteiger partial charge in [0.1, 0.15) is 12.5 Å². The zero-order valence-corrected chi connectivity index (χ0v) is 23.6. The third-order valence-electron chi connectivity index (χ3n) is 8.76. The van der Waals surface area contributed by atoms with E-state index in [0.29, 0.717) is 48.1 Å². The fourth-order valence-corrected chi connectivity index (χ4v) is 6.56. The highest BCUT2D eigenvalue weighted by molar-refractivity contribution is 5.82. The van der Waals surface area contributed by atoms with Crippen molar-refractivity contribution in [3.63, 3.8) is 0 Å². The molecule has 3 heterocycles. The van der Waals surface area contributed by atoms with Gasteiger partial charge in [0, 0.05) is 30.1 Å². The number of amides is 2. The number of piperidine rings is 1. The van der Waals surface area contributed by atoms with Crippen molar-refractivity contribution < 1.29 is 37.1 Å². The van der Waals surface area contributed by atoms with Crippen LogP contribution in [-0.4, -0.2) is 72.2 Å². The molecule has 3 fully saturated rings. The number of quaternary nitrogens is 1. The standard InChI is InChI=1S/C29H33F3N6O4/c1-17-24(26(40)42-3)25(23-8-7-18(15-33)13-19(23)16-38(2)11-9-22(39)10-12-38)37-27(34-35-28(37)41)36(17)21-6-4-5-20(14-21)29(30,31)32/h4-8,13-14,17,22,24-25,27,34,39H,9-12,16H2,1-3H3/p+1/t17?,22?,24?,25-,27?,38?/m0/s1. The molecule has 13 heteroatoms. The van der Waals surface area contributed by atoms with E-state index in [-0.39, 0.29) is 11.8 Å². The fourth-order valence-electron chi connectivity index (χ4n) is 6.56. The summed E-state index contributed by atoms with van der Waals surface area (Å²) in [7, 11) is 3.30. The Morgan fingerprint density at radius 1 is 1.19 bits per heavy atom. The minimum absolute atomic E-state index is 0.175. The van der Waals surface area contributed by atoms with Crippen molar-refractivity contribution in [3.8, 4) is 6.07 Å². The van der Waals surface area contributed by atoms with Gasteiger partial charge in [-0.15, -0.1) is 0 Å². The molecule has 42 heavy (non-hydrogen) atoms. The van der Waals surface area contributed by atoms with Gasteiger partial charge in [-0.3, -0.25) is 15.1 Å². The summed E-state index contributed by atoms with van der Waals surface area (Å²) in [5.41, 5.74) is 6.62. The Bertz CT molecular complexity index is 1400. The van der Waals surface area contributed by atoms with Crippen molar-refractivity contribution in [2.45, 2.75) is 57.0 Å². The number of carbonyl (C=O) groups is 2. The molecule has 0 aromatic heterocycles. The van der Waals surface area contributed by atoms with Gasteiger partial charge >= 0.3 is 18.2 Å². The highest BCUT2D eigenvalue weighted by Crippen LogP contribution is 2.45. The Morgan fingerprint density at radius 3 is 2.55 bits per heavy atom. The van der Waals surface area contributed by atoms with Crippen molar-refractivity contribution in [2.24, 2.45) is 5.92 Å². The molecule has 4 atom stereocenters. The maximum atomic E-state index is 13.6. The van der Waals surface area contributed by atoms with E-state index in [2.05, 4.69) is 24.0 Å². The molecule has 3 saturated heterocycles. The Morgan fingerprint density at radius 2 is 1.90 bits per heavy atom. The molecule has 3 aliphatic heterocycles. The number of aliphatic hydroxyl groups is 1. The number of likely N-dealkylation sites (tertiary alicyclic amines) is 1. The molecule has 3 N–H and O–H groups in total. The first-order valence-electron chi connectivity index (χ1n) is 13.8. The molecule has 5 rings (SSSR count). The number of carbonyl (C=O) groups excluding carboxylic acids is 2. The Balaban J connectivity index is 1.63. The number of rotatable bonds is 5. The van der Waals surface area contributed by atoms with Crippen LogP contribution < -0.4 is 15.8 Å². The third kappa shape index (κ3) is 5.37. The van der Waals surface area contributed by atoms with Crippen LogP contribution in [0.3, 0.4) is 0 Å². The van der Waals surface area contributed by atoms with Gasteiger partial charge in [-0.25, -0.2) is 4.79 Å². The second-order valence-electron chi connectivity index (χ2n) is 11.5. The fraction of sp³-hybridized carbons (Fsp3) is 0.483. The van der Waals surface area contributed by atoms with Gasteiger partial charge in [-0.2, -0.15) is 23.9 Å². The topological polar surface area (TPSA) is 118 Å². The molecular formula is C29H34F3N6O4+. The van der Waals surface area contributed by atoms with E-state index in [1.165, 1.54) is 24.1 Å². The van der Waals surface area contributed by atoms with Crippen LogP contribution in [0.4, 0.5) is 23.7 Å². The molecule has 2 aromatic carbocycles. The van der Waals surface area contributed by atoms with Gasteiger partial charge in [-0.1, -0.05) is 12.1 Å². The van der Waals surface area contributed by atoms with Crippen molar-refractivity contribution in [1.29, 1.82) is 5.26 Å². The summed E-state index contributed by atoms with van der Waals surface area (Å²) in [4.78, 5) is 29.9. The number of nitrogens with one attached hydrogen (secondary N) is 2. The maximum Gasteiger partial charge on any atom is 0.416 e. The lowest BCUT2D eigenvalue weighted by Gasteiger charge is -2.52. The number of hydrogen-bond acceptors (Lipinski definition) is 7. The molecular weight excluding hydrogens is 553 g/mol. The number of fused-ring (bicyclic) bond motifs is 1. The SMILES string of the molecule is COC(=O)C1C(C)N(c2cccc(C(F)(F)F)c2)C2NNC(=O)N2[C@H]1c1ccc(C#N)cc1C[N+]1(C)CCC(O)CC1. The number of hydrazine groups is 1. The Hall–Kier alpha value is -3.86. The minimum atomic E-state index is -4.59. The predicted octanol–water partition coefficient (Wildman–Crippen LogP) is 3.23. The van der Waals surface area contributed by atoms with Gasteiger partial charge in [0.15, 0.2) is 6.29 Å². The van der Waals surface area contributed by atoms with Crippen LogP contribution in [-0.2, 0) is 22.3 Å². The minimum Gasteiger partial charge on any atom is -0.469 e. The van der Waals surface area contributed by atoms with E-state index >= 15 is 0 Å². The van der Waals surface area contributed by atoms with Crippen LogP contribution in [0.5, 0.6) is 0 Å². The number of hydrogen-bond donors (Lipinski definition) is 3. The van der Waals surface area contributed by atoms with E-state index in [9.17, 15) is 33.1 Å². The third-order valence-corrected chi connectivity index (χ3v) is 8.76. The first-order chi connectivity index (χ1) is 19.9. The van der Waals surface area contributed by atoms with E-state index < -0.39 is 48.0 Å². The van der Waals surface area contributed by atoms with Crippen LogP contribution in [0, 0.1) is 17.2 Å². The van der Waals surface area contributed by atoms with Gasteiger partial charge in [-0.05, 0) is 42.8 Å². The quantitative estimate of drug-likeness (QED) is 0.363. The average Bonchev–Trinajstić information content (AvgIpc) is 3.34. The predicted molar refractivity (Wildman–Crippen MR) is 145 cm³/mol. The number of aliphatic hydroxyl groups excluding tert-OH is 1. The van der Waals surface area contributed by atoms with E-state index in [0.717, 1.165) is 17.7 Å². The number of halogens is 3. The summed E-state index contributed by atoms with van der Waals surface area (Å²) in [5.74, 6) is -1.62. The highest BCUT2D eigenvalue weighted by atomic mass is 19.4. The van der Waals surface area contributed by atoms with E-state index in [1.807, 2.05) is 0 Å². The molecule has 2 aromatic rings. The number of methoxy groups -OCH3 is 1. The normalized spacial score (nSPS) is 29.5. The summed E-state index contributed by atoms with van der Waals surface area (Å²) in [6.07, 6.45) is -4.63. The summed E-state index contributed by atoms with van der Waals surface area (Å²) < 4.78 is 46.7. The van der Waals surface area contributed by atoms with Crippen molar-refractivity contribution in [3.05, 3.63) is 64.7 Å². The molecule has 224 valence electrons. The Labute approximate surface area is 241 Å². The first kappa shape index (κ1) is 29.6. The molecule has 0 saturated carbocycles. The van der Waals surface area contributed by atoms with Crippen LogP contribution in [0.25, 0.3) is 0 Å². The summed E-state index contributed by atoms with van der Waals surface area (Å²) in [5, 5.41) is 19.8. The molecule has 0 spiro atoms. The largest absolute Gasteiger partial charge is 0.469 e. The molecule has 0 bridgehead atoms. The van der Waals surface area contributed by atoms with Gasteiger partial charge in [0.05, 0.1) is 56.6 Å². The number of anilines is 1. The zero-order valence-electron chi connectivity index (χ0n) is 23.6. The highest BCUT2D eigenvalue weighted by Gasteiger charge is 2.55. The first-order valence-corrected chi connectivity index (χ1v) is 13.8. The summed E-state index contributed by atoms with van der Waals surface area (Å²) >= 11 is 0. The van der Waals surface area contributed by atoms with Gasteiger partial charge in [0.25, 0.3) is 0 Å². The number of nitrogens with zero attached hydrogens (tertiary/aromatic N) is 4. The smallest absolute Gasteiger partial charge is 0.416 e. The van der Waals surface area contributed by atoms with Crippen molar-refractivity contribution in [2.75, 3.05) is 32.1 Å². The van der Waals surface area contributed by atoms with Crippen LogP contribution >= 0.6 is 0 Å². The van der Waals surface area contributed by atoms with Gasteiger partial charge < -0.3 is 19.2 Å². The van der Waals surface area contributed by atoms with Crippen molar-refractivity contribution >= 4 is 17.7 Å². The van der Waals surface area contributed by atoms with Crippen molar-refractivity contribution in [1.82, 2.24) is 15.8 Å². The molecule has 3 unspecified atom stereocenters.